The van der Waals surface area contributed by atoms with E-state index in [0.717, 1.165) is 22.0 Å². The minimum Gasteiger partial charge on any atom is -0.494 e. The first-order valence-corrected chi connectivity index (χ1v) is 7.23. The van der Waals surface area contributed by atoms with E-state index in [0.29, 0.717) is 11.7 Å². The van der Waals surface area contributed by atoms with Crippen LogP contribution in [0.15, 0.2) is 36.4 Å². The van der Waals surface area contributed by atoms with Crippen molar-refractivity contribution in [2.75, 3.05) is 11.9 Å². The van der Waals surface area contributed by atoms with Gasteiger partial charge >= 0.3 is 0 Å². The molecule has 1 heterocycles. The van der Waals surface area contributed by atoms with Crippen LogP contribution < -0.4 is 10.1 Å². The van der Waals surface area contributed by atoms with Crippen LogP contribution in [0.5, 0.6) is 5.75 Å². The van der Waals surface area contributed by atoms with Crippen molar-refractivity contribution in [1.82, 2.24) is 4.98 Å². The van der Waals surface area contributed by atoms with Gasteiger partial charge in [0.05, 0.1) is 22.5 Å². The number of thiazole rings is 1. The van der Waals surface area contributed by atoms with Gasteiger partial charge in [-0.15, -0.1) is 0 Å². The van der Waals surface area contributed by atoms with Crippen molar-refractivity contribution in [2.45, 2.75) is 6.92 Å². The third-order valence-electron chi connectivity index (χ3n) is 2.86. The first-order valence-electron chi connectivity index (χ1n) is 6.42. The average Bonchev–Trinajstić information content (AvgIpc) is 2.86. The van der Waals surface area contributed by atoms with Crippen LogP contribution in [0.3, 0.4) is 0 Å². The molecule has 21 heavy (non-hydrogen) atoms. The van der Waals surface area contributed by atoms with Gasteiger partial charge in [0.1, 0.15) is 5.75 Å². The molecule has 0 aliphatic rings. The fraction of sp³-hybridized carbons (Fsp3) is 0.133. The molecule has 0 radical (unpaired) electrons. The molecule has 0 unspecified atom stereocenters. The van der Waals surface area contributed by atoms with Gasteiger partial charge in [-0.25, -0.2) is 13.8 Å². The van der Waals surface area contributed by atoms with Crippen molar-refractivity contribution < 1.29 is 13.5 Å². The molecule has 0 aliphatic carbocycles. The van der Waals surface area contributed by atoms with Crippen LogP contribution in [0.2, 0.25) is 0 Å². The van der Waals surface area contributed by atoms with Gasteiger partial charge in [0.25, 0.3) is 0 Å². The minimum absolute atomic E-state index is 0.0686. The molecule has 6 heteroatoms. The molecule has 1 aromatic heterocycles. The zero-order valence-corrected chi connectivity index (χ0v) is 12.0. The van der Waals surface area contributed by atoms with E-state index in [4.69, 9.17) is 4.74 Å². The van der Waals surface area contributed by atoms with E-state index in [-0.39, 0.29) is 5.69 Å². The Morgan fingerprint density at radius 1 is 1.24 bits per heavy atom. The smallest absolute Gasteiger partial charge is 0.188 e. The lowest BCUT2D eigenvalue weighted by molar-refractivity contribution is 0.341. The van der Waals surface area contributed by atoms with Gasteiger partial charge in [0.15, 0.2) is 16.8 Å². The number of aromatic nitrogens is 1. The molecule has 0 amide bonds. The standard InChI is InChI=1S/C15H12F2N2OS/c1-2-20-9-6-7-11-13(8-9)21-15(18-11)19-12-5-3-4-10(16)14(12)17/h3-8H,2H2,1H3,(H,18,19). The summed E-state index contributed by atoms with van der Waals surface area (Å²) in [5.74, 6) is -1.04. The zero-order chi connectivity index (χ0) is 14.8. The molecule has 0 saturated carbocycles. The van der Waals surface area contributed by atoms with E-state index in [9.17, 15) is 8.78 Å². The van der Waals surface area contributed by atoms with Crippen molar-refractivity contribution in [2.24, 2.45) is 0 Å². The second kappa shape index (κ2) is 5.65. The highest BCUT2D eigenvalue weighted by Crippen LogP contribution is 2.31. The number of nitrogens with zero attached hydrogens (tertiary/aromatic N) is 1. The zero-order valence-electron chi connectivity index (χ0n) is 11.2. The molecule has 3 rings (SSSR count). The Bertz CT molecular complexity index is 788. The minimum atomic E-state index is -0.910. The van der Waals surface area contributed by atoms with Gasteiger partial charge in [-0.2, -0.15) is 0 Å². The van der Waals surface area contributed by atoms with E-state index in [2.05, 4.69) is 10.3 Å². The lowest BCUT2D eigenvalue weighted by Crippen LogP contribution is -1.95. The summed E-state index contributed by atoms with van der Waals surface area (Å²) in [5, 5.41) is 3.31. The number of halogens is 2. The summed E-state index contributed by atoms with van der Waals surface area (Å²) in [6.07, 6.45) is 0. The number of ether oxygens (including phenoxy) is 1. The van der Waals surface area contributed by atoms with Crippen LogP contribution in [-0.2, 0) is 0 Å². The van der Waals surface area contributed by atoms with Crippen LogP contribution >= 0.6 is 11.3 Å². The van der Waals surface area contributed by atoms with E-state index in [1.807, 2.05) is 25.1 Å². The molecule has 0 saturated heterocycles. The summed E-state index contributed by atoms with van der Waals surface area (Å²) >= 11 is 1.36. The molecule has 0 aliphatic heterocycles. The fourth-order valence-corrected chi connectivity index (χ4v) is 2.84. The lowest BCUT2D eigenvalue weighted by Gasteiger charge is -2.03. The first-order chi connectivity index (χ1) is 10.2. The molecule has 108 valence electrons. The number of benzene rings is 2. The topological polar surface area (TPSA) is 34.1 Å². The van der Waals surface area contributed by atoms with Crippen LogP contribution in [0.25, 0.3) is 10.2 Å². The van der Waals surface area contributed by atoms with Crippen LogP contribution in [0.1, 0.15) is 6.92 Å². The number of nitrogens with one attached hydrogen (secondary N) is 1. The van der Waals surface area contributed by atoms with Crippen molar-refractivity contribution in [3.63, 3.8) is 0 Å². The summed E-state index contributed by atoms with van der Waals surface area (Å²) in [7, 11) is 0. The Morgan fingerprint density at radius 3 is 2.90 bits per heavy atom. The van der Waals surface area contributed by atoms with Crippen LogP contribution in [0.4, 0.5) is 19.6 Å². The Kier molecular flexibility index (Phi) is 3.70. The quantitative estimate of drug-likeness (QED) is 0.757. The molecule has 0 bridgehead atoms. The maximum absolute atomic E-state index is 13.6. The van der Waals surface area contributed by atoms with Gasteiger partial charge in [-0.3, -0.25) is 0 Å². The number of hydrogen-bond acceptors (Lipinski definition) is 4. The Labute approximate surface area is 124 Å². The Balaban J connectivity index is 1.92. The predicted molar refractivity (Wildman–Crippen MR) is 80.4 cm³/mol. The predicted octanol–water partition coefficient (Wildman–Crippen LogP) is 4.72. The summed E-state index contributed by atoms with van der Waals surface area (Å²) in [6.45, 7) is 2.50. The SMILES string of the molecule is CCOc1ccc2nc(Nc3cccc(F)c3F)sc2c1. The fourth-order valence-electron chi connectivity index (χ4n) is 1.93. The molecule has 1 N–H and O–H groups in total. The van der Waals surface area contributed by atoms with Crippen LogP contribution in [0, 0.1) is 11.6 Å². The molecule has 0 spiro atoms. The summed E-state index contributed by atoms with van der Waals surface area (Å²) in [6, 6.07) is 9.54. The Morgan fingerprint density at radius 2 is 2.10 bits per heavy atom. The molecular weight excluding hydrogens is 294 g/mol. The number of rotatable bonds is 4. The third-order valence-corrected chi connectivity index (χ3v) is 3.80. The largest absolute Gasteiger partial charge is 0.494 e. The molecule has 3 aromatic rings. The van der Waals surface area contributed by atoms with Crippen LogP contribution in [-0.4, -0.2) is 11.6 Å². The normalized spacial score (nSPS) is 10.8. The molecule has 0 fully saturated rings. The maximum Gasteiger partial charge on any atom is 0.188 e. The molecular formula is C15H12F2N2OS. The molecule has 3 nitrogen and oxygen atoms in total. The Hall–Kier alpha value is -2.21. The summed E-state index contributed by atoms with van der Waals surface area (Å²) in [5.41, 5.74) is 0.849. The highest BCUT2D eigenvalue weighted by molar-refractivity contribution is 7.22. The second-order valence-corrected chi connectivity index (χ2v) is 5.34. The monoisotopic (exact) mass is 306 g/mol. The lowest BCUT2D eigenvalue weighted by atomic mass is 10.3. The number of fused-ring (bicyclic) bond motifs is 1. The van der Waals surface area contributed by atoms with Gasteiger partial charge in [-0.05, 0) is 37.3 Å². The summed E-state index contributed by atoms with van der Waals surface area (Å²) in [4.78, 5) is 4.34. The van der Waals surface area contributed by atoms with E-state index >= 15 is 0 Å². The van der Waals surface area contributed by atoms with Gasteiger partial charge in [-0.1, -0.05) is 17.4 Å². The summed E-state index contributed by atoms with van der Waals surface area (Å²) < 4.78 is 33.1. The average molecular weight is 306 g/mol. The highest BCUT2D eigenvalue weighted by atomic mass is 32.1. The van der Waals surface area contributed by atoms with E-state index in [1.54, 1.807) is 0 Å². The van der Waals surface area contributed by atoms with E-state index in [1.165, 1.54) is 23.5 Å². The highest BCUT2D eigenvalue weighted by Gasteiger charge is 2.10. The van der Waals surface area contributed by atoms with Crippen molar-refractivity contribution in [1.29, 1.82) is 0 Å². The third kappa shape index (κ3) is 2.80. The van der Waals surface area contributed by atoms with Crippen molar-refractivity contribution >= 4 is 32.4 Å². The number of hydrogen-bond donors (Lipinski definition) is 1. The second-order valence-electron chi connectivity index (χ2n) is 4.31. The first kappa shape index (κ1) is 13.8. The molecule has 2 aromatic carbocycles. The van der Waals surface area contributed by atoms with Crippen molar-refractivity contribution in [3.8, 4) is 5.75 Å². The maximum atomic E-state index is 13.6. The van der Waals surface area contributed by atoms with Crippen molar-refractivity contribution in [3.05, 3.63) is 48.0 Å². The molecule has 0 atom stereocenters. The van der Waals surface area contributed by atoms with Gasteiger partial charge in [0.2, 0.25) is 0 Å². The van der Waals surface area contributed by atoms with E-state index < -0.39 is 11.6 Å². The van der Waals surface area contributed by atoms with Gasteiger partial charge in [0, 0.05) is 0 Å². The van der Waals surface area contributed by atoms with Gasteiger partial charge < -0.3 is 10.1 Å². The number of anilines is 2.